The molecular formula is C15H12N2O2. The molecule has 0 saturated heterocycles. The minimum absolute atomic E-state index is 0.594. The standard InChI is InChI=1S/C15H12N2O2/c1-19-14-7-6-10(9-18)8-11(14)15-16-12-4-2-3-5-13(12)17-15/h2-9H,1H3,(H,16,17). The molecule has 4 nitrogen and oxygen atoms in total. The third-order valence-corrected chi connectivity index (χ3v) is 3.00. The number of aromatic nitrogens is 2. The summed E-state index contributed by atoms with van der Waals surface area (Å²) >= 11 is 0. The molecular weight excluding hydrogens is 240 g/mol. The first-order valence-electron chi connectivity index (χ1n) is 5.90. The van der Waals surface area contributed by atoms with Crippen molar-refractivity contribution in [3.05, 3.63) is 48.0 Å². The number of nitrogens with zero attached hydrogens (tertiary/aromatic N) is 1. The van der Waals surface area contributed by atoms with Gasteiger partial charge < -0.3 is 9.72 Å². The van der Waals surface area contributed by atoms with Crippen LogP contribution in [0.25, 0.3) is 22.4 Å². The number of nitrogens with one attached hydrogen (secondary N) is 1. The molecule has 0 spiro atoms. The Bertz CT molecular complexity index is 714. The SMILES string of the molecule is COc1ccc(C=O)cc1-c1nc2ccccc2[nH]1. The molecule has 0 fully saturated rings. The zero-order valence-corrected chi connectivity index (χ0v) is 10.4. The van der Waals surface area contributed by atoms with Crippen molar-refractivity contribution in [3.63, 3.8) is 0 Å². The topological polar surface area (TPSA) is 55.0 Å². The Morgan fingerprint density at radius 2 is 2.05 bits per heavy atom. The van der Waals surface area contributed by atoms with Crippen LogP contribution in [0.2, 0.25) is 0 Å². The van der Waals surface area contributed by atoms with Crippen molar-refractivity contribution >= 4 is 17.3 Å². The van der Waals surface area contributed by atoms with Gasteiger partial charge in [0.1, 0.15) is 17.9 Å². The number of hydrogen-bond donors (Lipinski definition) is 1. The quantitative estimate of drug-likeness (QED) is 0.729. The summed E-state index contributed by atoms with van der Waals surface area (Å²) < 4.78 is 5.32. The first kappa shape index (κ1) is 11.5. The average Bonchev–Trinajstić information content (AvgIpc) is 2.90. The number of carbonyl (C=O) groups excluding carboxylic acids is 1. The molecule has 1 heterocycles. The monoisotopic (exact) mass is 252 g/mol. The summed E-state index contributed by atoms with van der Waals surface area (Å²) in [6, 6.07) is 13.0. The van der Waals surface area contributed by atoms with Crippen molar-refractivity contribution in [2.75, 3.05) is 7.11 Å². The van der Waals surface area contributed by atoms with Crippen LogP contribution in [0, 0.1) is 0 Å². The molecule has 19 heavy (non-hydrogen) atoms. The fraction of sp³-hybridized carbons (Fsp3) is 0.0667. The number of para-hydroxylation sites is 2. The number of imidazole rings is 1. The number of methoxy groups -OCH3 is 1. The maximum absolute atomic E-state index is 10.9. The largest absolute Gasteiger partial charge is 0.496 e. The first-order valence-corrected chi connectivity index (χ1v) is 5.90. The Hall–Kier alpha value is -2.62. The molecule has 0 atom stereocenters. The third-order valence-electron chi connectivity index (χ3n) is 3.00. The van der Waals surface area contributed by atoms with E-state index >= 15 is 0 Å². The van der Waals surface area contributed by atoms with Gasteiger partial charge in [-0.25, -0.2) is 4.98 Å². The van der Waals surface area contributed by atoms with Gasteiger partial charge in [0.25, 0.3) is 0 Å². The number of rotatable bonds is 3. The molecule has 0 aliphatic rings. The lowest BCUT2D eigenvalue weighted by Crippen LogP contribution is -1.91. The summed E-state index contributed by atoms with van der Waals surface area (Å²) in [4.78, 5) is 18.6. The highest BCUT2D eigenvalue weighted by molar-refractivity contribution is 5.83. The third kappa shape index (κ3) is 1.97. The van der Waals surface area contributed by atoms with Crippen molar-refractivity contribution in [3.8, 4) is 17.1 Å². The van der Waals surface area contributed by atoms with Gasteiger partial charge in [0.2, 0.25) is 0 Å². The van der Waals surface area contributed by atoms with Gasteiger partial charge in [-0.2, -0.15) is 0 Å². The number of benzene rings is 2. The molecule has 0 bridgehead atoms. The fourth-order valence-corrected chi connectivity index (χ4v) is 2.06. The highest BCUT2D eigenvalue weighted by atomic mass is 16.5. The van der Waals surface area contributed by atoms with Crippen LogP contribution in [0.1, 0.15) is 10.4 Å². The number of H-pyrrole nitrogens is 1. The number of hydrogen-bond acceptors (Lipinski definition) is 3. The molecule has 0 aliphatic heterocycles. The van der Waals surface area contributed by atoms with Gasteiger partial charge in [-0.05, 0) is 30.3 Å². The van der Waals surface area contributed by atoms with E-state index in [1.165, 1.54) is 0 Å². The molecule has 0 saturated carbocycles. The Kier molecular flexibility index (Phi) is 2.76. The zero-order valence-electron chi connectivity index (χ0n) is 10.4. The summed E-state index contributed by atoms with van der Waals surface area (Å²) in [5.41, 5.74) is 3.21. The lowest BCUT2D eigenvalue weighted by molar-refractivity contribution is 0.112. The van der Waals surface area contributed by atoms with E-state index in [9.17, 15) is 4.79 Å². The highest BCUT2D eigenvalue weighted by Gasteiger charge is 2.11. The van der Waals surface area contributed by atoms with E-state index < -0.39 is 0 Å². The summed E-state index contributed by atoms with van der Waals surface area (Å²) in [5.74, 6) is 1.38. The molecule has 1 N–H and O–H groups in total. The summed E-state index contributed by atoms with van der Waals surface area (Å²) in [6.45, 7) is 0. The second-order valence-corrected chi connectivity index (χ2v) is 4.18. The van der Waals surface area contributed by atoms with Crippen LogP contribution in [0.3, 0.4) is 0 Å². The van der Waals surface area contributed by atoms with Crippen LogP contribution in [0.4, 0.5) is 0 Å². The molecule has 3 rings (SSSR count). The average molecular weight is 252 g/mol. The predicted octanol–water partition coefficient (Wildman–Crippen LogP) is 3.05. The fourth-order valence-electron chi connectivity index (χ4n) is 2.06. The molecule has 1 aromatic heterocycles. The molecule has 0 unspecified atom stereocenters. The van der Waals surface area contributed by atoms with E-state index in [4.69, 9.17) is 4.74 Å². The number of aromatic amines is 1. The minimum Gasteiger partial charge on any atom is -0.496 e. The van der Waals surface area contributed by atoms with Crippen molar-refractivity contribution < 1.29 is 9.53 Å². The molecule has 0 radical (unpaired) electrons. The van der Waals surface area contributed by atoms with E-state index in [-0.39, 0.29) is 0 Å². The lowest BCUT2D eigenvalue weighted by Gasteiger charge is -2.06. The molecule has 0 amide bonds. The smallest absolute Gasteiger partial charge is 0.150 e. The summed E-state index contributed by atoms with van der Waals surface area (Å²) in [6.07, 6.45) is 0.811. The van der Waals surface area contributed by atoms with E-state index in [2.05, 4.69) is 9.97 Å². The number of fused-ring (bicyclic) bond motifs is 1. The van der Waals surface area contributed by atoms with E-state index in [0.717, 1.165) is 22.9 Å². The normalized spacial score (nSPS) is 10.6. The Labute approximate surface area is 110 Å². The van der Waals surface area contributed by atoms with Gasteiger partial charge in [0.05, 0.1) is 23.7 Å². The van der Waals surface area contributed by atoms with Gasteiger partial charge in [0, 0.05) is 5.56 Å². The first-order chi connectivity index (χ1) is 9.31. The van der Waals surface area contributed by atoms with E-state index in [0.29, 0.717) is 17.1 Å². The molecule has 3 aromatic rings. The van der Waals surface area contributed by atoms with Crippen LogP contribution in [0.15, 0.2) is 42.5 Å². The maximum Gasteiger partial charge on any atom is 0.150 e. The summed E-state index contributed by atoms with van der Waals surface area (Å²) in [5, 5.41) is 0. The molecule has 0 aliphatic carbocycles. The Morgan fingerprint density at radius 3 is 2.79 bits per heavy atom. The van der Waals surface area contributed by atoms with Gasteiger partial charge in [0.15, 0.2) is 0 Å². The zero-order chi connectivity index (χ0) is 13.2. The van der Waals surface area contributed by atoms with Crippen molar-refractivity contribution in [1.29, 1.82) is 0 Å². The minimum atomic E-state index is 0.594. The van der Waals surface area contributed by atoms with Gasteiger partial charge in [-0.3, -0.25) is 4.79 Å². The molecule has 4 heteroatoms. The maximum atomic E-state index is 10.9. The second-order valence-electron chi connectivity index (χ2n) is 4.18. The molecule has 2 aromatic carbocycles. The second kappa shape index (κ2) is 4.57. The van der Waals surface area contributed by atoms with Crippen LogP contribution >= 0.6 is 0 Å². The van der Waals surface area contributed by atoms with Crippen molar-refractivity contribution in [2.24, 2.45) is 0 Å². The summed E-state index contributed by atoms with van der Waals surface area (Å²) in [7, 11) is 1.60. The molecule has 94 valence electrons. The highest BCUT2D eigenvalue weighted by Crippen LogP contribution is 2.30. The lowest BCUT2D eigenvalue weighted by atomic mass is 10.1. The van der Waals surface area contributed by atoms with Crippen LogP contribution < -0.4 is 4.74 Å². The number of carbonyl (C=O) groups is 1. The van der Waals surface area contributed by atoms with Crippen LogP contribution in [-0.4, -0.2) is 23.4 Å². The van der Waals surface area contributed by atoms with Gasteiger partial charge in [-0.1, -0.05) is 12.1 Å². The van der Waals surface area contributed by atoms with Crippen molar-refractivity contribution in [2.45, 2.75) is 0 Å². The van der Waals surface area contributed by atoms with Crippen LogP contribution in [0.5, 0.6) is 5.75 Å². The Balaban J connectivity index is 2.21. The van der Waals surface area contributed by atoms with E-state index in [1.54, 1.807) is 25.3 Å². The Morgan fingerprint density at radius 1 is 1.21 bits per heavy atom. The van der Waals surface area contributed by atoms with Crippen LogP contribution in [-0.2, 0) is 0 Å². The predicted molar refractivity (Wildman–Crippen MR) is 73.5 cm³/mol. The van der Waals surface area contributed by atoms with Gasteiger partial charge in [-0.15, -0.1) is 0 Å². The number of ether oxygens (including phenoxy) is 1. The number of aldehydes is 1. The van der Waals surface area contributed by atoms with Gasteiger partial charge >= 0.3 is 0 Å². The van der Waals surface area contributed by atoms with Crippen molar-refractivity contribution in [1.82, 2.24) is 9.97 Å². The van der Waals surface area contributed by atoms with E-state index in [1.807, 2.05) is 24.3 Å².